The lowest BCUT2D eigenvalue weighted by molar-refractivity contribution is -0.165. The van der Waals surface area contributed by atoms with Crippen LogP contribution < -0.4 is 0 Å². The second kappa shape index (κ2) is 18.4. The summed E-state index contributed by atoms with van der Waals surface area (Å²) < 4.78 is 0. The van der Waals surface area contributed by atoms with Crippen LogP contribution in [0.1, 0.15) is 31.1 Å². The van der Waals surface area contributed by atoms with Crippen LogP contribution in [-0.4, -0.2) is 105 Å². The standard InChI is InChI=1S/C8H6O4.C7H6O3.C4H6O6.C4H4O4/c9-7(10)5-3-1-2-4-6(5)8(11)12;8-6-4-2-1-3-5(6)7(9)10;5-1(3(7)8)2(6)4(9)10;5-3(6)1-2-4(7)8/h1-4H,(H,9,10)(H,11,12);1-4,8H,(H,9,10);1-2,5-6H,(H,7,8)(H,9,10);1-2H,(H,5,6)(H,7,8). The highest BCUT2D eigenvalue weighted by Crippen LogP contribution is 2.14. The molecule has 0 bridgehead atoms. The molecule has 0 aliphatic heterocycles. The first-order valence-electron chi connectivity index (χ1n) is 9.96. The van der Waals surface area contributed by atoms with Crippen molar-refractivity contribution in [2.45, 2.75) is 12.2 Å². The number of carbonyl (C=O) groups is 7. The van der Waals surface area contributed by atoms with Gasteiger partial charge >= 0.3 is 41.8 Å². The van der Waals surface area contributed by atoms with Gasteiger partial charge in [0.1, 0.15) is 11.3 Å². The van der Waals surface area contributed by atoms with E-state index in [-0.39, 0.29) is 22.4 Å². The molecule has 0 aromatic heterocycles. The summed E-state index contributed by atoms with van der Waals surface area (Å²) in [6.07, 6.45) is -3.42. The summed E-state index contributed by atoms with van der Waals surface area (Å²) in [4.78, 5) is 69.8. The molecule has 0 saturated carbocycles. The predicted octanol–water partition coefficient (Wildman–Crippen LogP) is -0.237. The normalized spacial score (nSPS) is 10.9. The van der Waals surface area contributed by atoms with Crippen molar-refractivity contribution in [3.8, 4) is 5.75 Å². The highest BCUT2D eigenvalue weighted by molar-refractivity contribution is 6.01. The third kappa shape index (κ3) is 15.3. The number of rotatable bonds is 8. The van der Waals surface area contributed by atoms with Crippen LogP contribution in [0.2, 0.25) is 0 Å². The number of benzene rings is 2. The highest BCUT2D eigenvalue weighted by atomic mass is 16.4. The second-order valence-electron chi connectivity index (χ2n) is 6.55. The van der Waals surface area contributed by atoms with Crippen molar-refractivity contribution in [3.05, 3.63) is 77.4 Å². The Hall–Kier alpha value is -5.81. The molecule has 2 aromatic carbocycles. The van der Waals surface area contributed by atoms with Crippen molar-refractivity contribution in [3.63, 3.8) is 0 Å². The van der Waals surface area contributed by atoms with Gasteiger partial charge in [-0.25, -0.2) is 33.6 Å². The maximum Gasteiger partial charge on any atom is 0.339 e. The van der Waals surface area contributed by atoms with Crippen molar-refractivity contribution >= 4 is 41.8 Å². The lowest BCUT2D eigenvalue weighted by atomic mass is 10.1. The maximum atomic E-state index is 10.5. The zero-order valence-corrected chi connectivity index (χ0v) is 19.8. The Morgan fingerprint density at radius 2 is 0.775 bits per heavy atom. The molecule has 0 spiro atoms. The fraction of sp³-hybridized carbons (Fsp3) is 0.0870. The molecule has 17 nitrogen and oxygen atoms in total. The molecular weight excluding hydrogens is 548 g/mol. The van der Waals surface area contributed by atoms with Gasteiger partial charge in [-0.3, -0.25) is 0 Å². The van der Waals surface area contributed by atoms with E-state index in [1.54, 1.807) is 12.1 Å². The minimum atomic E-state index is -2.27. The average Bonchev–Trinajstić information content (AvgIpc) is 2.87. The summed E-state index contributed by atoms with van der Waals surface area (Å²) in [6, 6.07) is 11.3. The van der Waals surface area contributed by atoms with E-state index in [2.05, 4.69) is 0 Å². The van der Waals surface area contributed by atoms with Crippen LogP contribution in [0.15, 0.2) is 60.7 Å². The molecule has 216 valence electrons. The first kappa shape index (κ1) is 36.3. The van der Waals surface area contributed by atoms with E-state index in [4.69, 9.17) is 51.1 Å². The summed E-state index contributed by atoms with van der Waals surface area (Å²) in [7, 11) is 0. The number of hydrogen-bond acceptors (Lipinski definition) is 10. The van der Waals surface area contributed by atoms with Gasteiger partial charge in [0, 0.05) is 12.2 Å². The number of carboxylic acids is 7. The van der Waals surface area contributed by atoms with Crippen LogP contribution in [0.3, 0.4) is 0 Å². The summed E-state index contributed by atoms with van der Waals surface area (Å²) in [6.45, 7) is 0. The number of aliphatic hydroxyl groups excluding tert-OH is 2. The number of aliphatic hydroxyl groups is 2. The van der Waals surface area contributed by atoms with E-state index >= 15 is 0 Å². The van der Waals surface area contributed by atoms with Crippen LogP contribution >= 0.6 is 0 Å². The summed E-state index contributed by atoms with van der Waals surface area (Å²) in [5, 5.41) is 82.6. The lowest BCUT2D eigenvalue weighted by Gasteiger charge is -2.07. The number of para-hydroxylation sites is 1. The van der Waals surface area contributed by atoms with E-state index in [0.29, 0.717) is 12.2 Å². The van der Waals surface area contributed by atoms with Gasteiger partial charge in [-0.05, 0) is 24.3 Å². The smallest absolute Gasteiger partial charge is 0.339 e. The van der Waals surface area contributed by atoms with Crippen LogP contribution in [0.25, 0.3) is 0 Å². The molecule has 2 unspecified atom stereocenters. The van der Waals surface area contributed by atoms with Gasteiger partial charge in [0.15, 0.2) is 12.2 Å². The van der Waals surface area contributed by atoms with E-state index in [9.17, 15) is 33.6 Å². The first-order chi connectivity index (χ1) is 18.4. The summed E-state index contributed by atoms with van der Waals surface area (Å²) >= 11 is 0. The van der Waals surface area contributed by atoms with Gasteiger partial charge < -0.3 is 51.1 Å². The Labute approximate surface area is 222 Å². The number of phenols is 1. The molecule has 0 aliphatic carbocycles. The largest absolute Gasteiger partial charge is 0.507 e. The van der Waals surface area contributed by atoms with Crippen LogP contribution in [0.4, 0.5) is 0 Å². The van der Waals surface area contributed by atoms with Crippen LogP contribution in [0, 0.1) is 0 Å². The molecule has 0 heterocycles. The molecule has 2 atom stereocenters. The van der Waals surface area contributed by atoms with E-state index < -0.39 is 54.0 Å². The molecule has 0 aliphatic rings. The fourth-order valence-electron chi connectivity index (χ4n) is 1.92. The van der Waals surface area contributed by atoms with Crippen molar-refractivity contribution in [1.82, 2.24) is 0 Å². The fourth-order valence-corrected chi connectivity index (χ4v) is 1.92. The minimum absolute atomic E-state index is 0.0671. The SMILES string of the molecule is O=C(O)C(O)C(O)C(=O)O.O=C(O)C=CC(=O)O.O=C(O)c1ccccc1C(=O)O.O=C(O)c1ccccc1O. The van der Waals surface area contributed by atoms with Crippen LogP contribution in [-0.2, 0) is 19.2 Å². The molecule has 0 fully saturated rings. The predicted molar refractivity (Wildman–Crippen MR) is 127 cm³/mol. The topological polar surface area (TPSA) is 322 Å². The number of aromatic carboxylic acids is 3. The number of aromatic hydroxyl groups is 1. The van der Waals surface area contributed by atoms with Crippen molar-refractivity contribution in [2.75, 3.05) is 0 Å². The van der Waals surface area contributed by atoms with Crippen LogP contribution in [0.5, 0.6) is 5.75 Å². The molecule has 10 N–H and O–H groups in total. The number of hydrogen-bond donors (Lipinski definition) is 10. The molecular formula is C23H22O17. The van der Waals surface area contributed by atoms with Gasteiger partial charge in [-0.2, -0.15) is 0 Å². The van der Waals surface area contributed by atoms with E-state index in [0.717, 1.165) is 0 Å². The molecule has 0 radical (unpaired) electrons. The number of carboxylic acid groups (broad SMARTS) is 7. The third-order valence-corrected chi connectivity index (χ3v) is 3.70. The Morgan fingerprint density at radius 3 is 0.975 bits per heavy atom. The quantitative estimate of drug-likeness (QED) is 0.183. The van der Waals surface area contributed by atoms with Crippen molar-refractivity contribution in [2.24, 2.45) is 0 Å². The minimum Gasteiger partial charge on any atom is -0.507 e. The molecule has 17 heteroatoms. The van der Waals surface area contributed by atoms with E-state index in [1.165, 1.54) is 36.4 Å². The summed E-state index contributed by atoms with van der Waals surface area (Å²) in [5.74, 6) is -9.82. The third-order valence-electron chi connectivity index (χ3n) is 3.70. The molecule has 0 amide bonds. The Balaban J connectivity index is 0. The Bertz CT molecular complexity index is 1180. The van der Waals surface area contributed by atoms with E-state index in [1.807, 2.05) is 0 Å². The number of aliphatic carboxylic acids is 4. The van der Waals surface area contributed by atoms with Crippen molar-refractivity contribution in [1.29, 1.82) is 0 Å². The lowest BCUT2D eigenvalue weighted by Crippen LogP contribution is -2.39. The second-order valence-corrected chi connectivity index (χ2v) is 6.55. The average molecular weight is 570 g/mol. The zero-order chi connectivity index (χ0) is 31.6. The highest BCUT2D eigenvalue weighted by Gasteiger charge is 2.29. The summed E-state index contributed by atoms with van der Waals surface area (Å²) in [5.41, 5.74) is -0.447. The molecule has 2 rings (SSSR count). The molecule has 2 aromatic rings. The maximum absolute atomic E-state index is 10.5. The monoisotopic (exact) mass is 570 g/mol. The molecule has 40 heavy (non-hydrogen) atoms. The molecule has 0 saturated heterocycles. The Morgan fingerprint density at radius 1 is 0.500 bits per heavy atom. The zero-order valence-electron chi connectivity index (χ0n) is 19.8. The van der Waals surface area contributed by atoms with Gasteiger partial charge in [0.25, 0.3) is 0 Å². The first-order valence-corrected chi connectivity index (χ1v) is 9.96. The Kier molecular flexibility index (Phi) is 16.8. The van der Waals surface area contributed by atoms with Gasteiger partial charge in [-0.1, -0.05) is 24.3 Å². The van der Waals surface area contributed by atoms with Gasteiger partial charge in [-0.15, -0.1) is 0 Å². The van der Waals surface area contributed by atoms with Gasteiger partial charge in [0.05, 0.1) is 11.1 Å². The van der Waals surface area contributed by atoms with Crippen molar-refractivity contribution < 1.29 is 84.6 Å². The van der Waals surface area contributed by atoms with Gasteiger partial charge in [0.2, 0.25) is 0 Å².